The summed E-state index contributed by atoms with van der Waals surface area (Å²) in [5, 5.41) is 7.17. The number of nitrogen functional groups attached to an aromatic ring is 1. The van der Waals surface area contributed by atoms with Gasteiger partial charge >= 0.3 is 6.09 Å². The lowest BCUT2D eigenvalue weighted by molar-refractivity contribution is 0.0523. The Morgan fingerprint density at radius 1 is 1.04 bits per heavy atom. The summed E-state index contributed by atoms with van der Waals surface area (Å²) in [5.41, 5.74) is 10.1. The molecule has 0 bridgehead atoms. The molecule has 6 heteroatoms. The first-order chi connectivity index (χ1) is 13.3. The van der Waals surface area contributed by atoms with Gasteiger partial charge in [0.1, 0.15) is 5.60 Å². The van der Waals surface area contributed by atoms with Crippen LogP contribution in [0.15, 0.2) is 54.7 Å². The first kappa shape index (κ1) is 19.5. The number of aromatic nitrogens is 1. The lowest BCUT2D eigenvalue weighted by atomic mass is 10.1. The molecule has 0 atom stereocenters. The Morgan fingerprint density at radius 3 is 2.36 bits per heavy atom. The van der Waals surface area contributed by atoms with Gasteiger partial charge in [-0.05, 0) is 38.0 Å². The molecule has 2 aromatic carbocycles. The molecule has 0 unspecified atom stereocenters. The minimum atomic E-state index is -0.501. The zero-order valence-electron chi connectivity index (χ0n) is 16.5. The van der Waals surface area contributed by atoms with Crippen molar-refractivity contribution in [2.24, 2.45) is 0 Å². The number of nitrogens with two attached hydrogens (primary N) is 1. The van der Waals surface area contributed by atoms with Crippen LogP contribution in [0.4, 0.5) is 16.2 Å². The number of nitrogens with one attached hydrogen (secondary N) is 2. The summed E-state index contributed by atoms with van der Waals surface area (Å²) in [7, 11) is 0. The average Bonchev–Trinajstić information content (AvgIpc) is 2.65. The molecule has 1 amide bonds. The minimum Gasteiger partial charge on any atom is -0.444 e. The number of anilines is 2. The number of fused-ring (bicyclic) bond motifs is 1. The van der Waals surface area contributed by atoms with Crippen molar-refractivity contribution in [1.82, 2.24) is 10.3 Å². The molecule has 28 heavy (non-hydrogen) atoms. The van der Waals surface area contributed by atoms with E-state index in [-0.39, 0.29) is 0 Å². The molecule has 4 N–H and O–H groups in total. The van der Waals surface area contributed by atoms with Gasteiger partial charge in [-0.3, -0.25) is 4.98 Å². The number of alkyl carbamates (subject to hydrolysis) is 1. The molecule has 0 aliphatic rings. The predicted octanol–water partition coefficient (Wildman–Crippen LogP) is 4.45. The second-order valence-corrected chi connectivity index (χ2v) is 7.63. The molecular weight excluding hydrogens is 352 g/mol. The SMILES string of the molecule is CC(C)(C)OC(=O)NCc1ccc(CNc2c(N)cnc3ccccc23)cc1. The Bertz CT molecular complexity index is 962. The highest BCUT2D eigenvalue weighted by molar-refractivity contribution is 5.96. The highest BCUT2D eigenvalue weighted by Gasteiger charge is 2.15. The zero-order chi connectivity index (χ0) is 20.1. The summed E-state index contributed by atoms with van der Waals surface area (Å²) in [4.78, 5) is 16.1. The largest absolute Gasteiger partial charge is 0.444 e. The van der Waals surface area contributed by atoms with Crippen LogP contribution in [0.25, 0.3) is 10.9 Å². The minimum absolute atomic E-state index is 0.418. The molecule has 1 aromatic heterocycles. The quantitative estimate of drug-likeness (QED) is 0.610. The van der Waals surface area contributed by atoms with Gasteiger partial charge in [0.25, 0.3) is 0 Å². The Kier molecular flexibility index (Phi) is 5.68. The van der Waals surface area contributed by atoms with E-state index in [1.165, 1.54) is 0 Å². The molecule has 0 aliphatic heterocycles. The molecule has 0 spiro atoms. The molecule has 6 nitrogen and oxygen atoms in total. The lowest BCUT2D eigenvalue weighted by Crippen LogP contribution is -2.32. The van der Waals surface area contributed by atoms with Crippen LogP contribution in [0.2, 0.25) is 0 Å². The molecule has 0 saturated heterocycles. The summed E-state index contributed by atoms with van der Waals surface area (Å²) in [6.07, 6.45) is 1.26. The van der Waals surface area contributed by atoms with E-state index in [4.69, 9.17) is 10.5 Å². The number of benzene rings is 2. The van der Waals surface area contributed by atoms with Crippen LogP contribution in [-0.4, -0.2) is 16.7 Å². The first-order valence-corrected chi connectivity index (χ1v) is 9.23. The predicted molar refractivity (Wildman–Crippen MR) is 113 cm³/mol. The highest BCUT2D eigenvalue weighted by atomic mass is 16.6. The normalized spacial score (nSPS) is 11.2. The van der Waals surface area contributed by atoms with Gasteiger partial charge in [0.2, 0.25) is 0 Å². The fourth-order valence-electron chi connectivity index (χ4n) is 2.81. The van der Waals surface area contributed by atoms with Crippen molar-refractivity contribution >= 4 is 28.4 Å². The van der Waals surface area contributed by atoms with E-state index < -0.39 is 11.7 Å². The fraction of sp³-hybridized carbons (Fsp3) is 0.273. The van der Waals surface area contributed by atoms with E-state index in [9.17, 15) is 4.79 Å². The topological polar surface area (TPSA) is 89.3 Å². The van der Waals surface area contributed by atoms with Crippen molar-refractivity contribution in [2.45, 2.75) is 39.5 Å². The number of para-hydroxylation sites is 1. The number of pyridine rings is 1. The molecule has 0 aliphatic carbocycles. The molecular formula is C22H26N4O2. The molecule has 146 valence electrons. The Labute approximate surface area is 165 Å². The van der Waals surface area contributed by atoms with Crippen molar-refractivity contribution in [3.63, 3.8) is 0 Å². The maximum Gasteiger partial charge on any atom is 0.407 e. The summed E-state index contributed by atoms with van der Waals surface area (Å²) >= 11 is 0. The Morgan fingerprint density at radius 2 is 1.68 bits per heavy atom. The lowest BCUT2D eigenvalue weighted by Gasteiger charge is -2.19. The van der Waals surface area contributed by atoms with Crippen molar-refractivity contribution in [2.75, 3.05) is 11.1 Å². The second-order valence-electron chi connectivity index (χ2n) is 7.63. The summed E-state index contributed by atoms with van der Waals surface area (Å²) in [6, 6.07) is 15.9. The molecule has 0 fully saturated rings. The van der Waals surface area contributed by atoms with E-state index in [0.29, 0.717) is 18.8 Å². The van der Waals surface area contributed by atoms with Crippen LogP contribution in [0, 0.1) is 0 Å². The third kappa shape index (κ3) is 5.13. The molecule has 3 rings (SSSR count). The molecule has 0 saturated carbocycles. The Balaban J connectivity index is 1.60. The van der Waals surface area contributed by atoms with Gasteiger partial charge in [-0.2, -0.15) is 0 Å². The van der Waals surface area contributed by atoms with Gasteiger partial charge in [0.05, 0.1) is 23.1 Å². The van der Waals surface area contributed by atoms with Crippen LogP contribution < -0.4 is 16.4 Å². The second kappa shape index (κ2) is 8.17. The molecule has 0 radical (unpaired) electrons. The molecule has 1 heterocycles. The number of nitrogens with zero attached hydrogens (tertiary/aromatic N) is 1. The van der Waals surface area contributed by atoms with E-state index in [1.807, 2.05) is 69.3 Å². The fourth-order valence-corrected chi connectivity index (χ4v) is 2.81. The van der Waals surface area contributed by atoms with Gasteiger partial charge in [-0.25, -0.2) is 4.79 Å². The Hall–Kier alpha value is -3.28. The zero-order valence-corrected chi connectivity index (χ0v) is 16.5. The van der Waals surface area contributed by atoms with Crippen LogP contribution in [0.3, 0.4) is 0 Å². The molecule has 3 aromatic rings. The van der Waals surface area contributed by atoms with Crippen LogP contribution in [-0.2, 0) is 17.8 Å². The number of amides is 1. The monoisotopic (exact) mass is 378 g/mol. The van der Waals surface area contributed by atoms with Gasteiger partial charge in [-0.1, -0.05) is 42.5 Å². The maximum atomic E-state index is 11.7. The standard InChI is InChI=1S/C22H26N4O2/c1-22(2,3)28-21(27)26-13-16-10-8-15(9-11-16)12-25-20-17-6-4-5-7-19(17)24-14-18(20)23/h4-11,14H,12-13,23H2,1-3H3,(H,24,25)(H,26,27). The third-order valence-electron chi connectivity index (χ3n) is 4.13. The first-order valence-electron chi connectivity index (χ1n) is 9.23. The van der Waals surface area contributed by atoms with Gasteiger partial charge in [0, 0.05) is 18.5 Å². The van der Waals surface area contributed by atoms with Gasteiger partial charge in [0.15, 0.2) is 0 Å². The number of ether oxygens (including phenoxy) is 1. The van der Waals surface area contributed by atoms with Crippen LogP contribution >= 0.6 is 0 Å². The van der Waals surface area contributed by atoms with Crippen molar-refractivity contribution in [3.05, 3.63) is 65.9 Å². The van der Waals surface area contributed by atoms with Crippen LogP contribution in [0.1, 0.15) is 31.9 Å². The van der Waals surface area contributed by atoms with E-state index in [1.54, 1.807) is 6.20 Å². The van der Waals surface area contributed by atoms with Gasteiger partial charge in [-0.15, -0.1) is 0 Å². The third-order valence-corrected chi connectivity index (χ3v) is 4.13. The van der Waals surface area contributed by atoms with Gasteiger partial charge < -0.3 is 21.1 Å². The number of rotatable bonds is 5. The number of carbonyl (C=O) groups is 1. The highest BCUT2D eigenvalue weighted by Crippen LogP contribution is 2.28. The van der Waals surface area contributed by atoms with E-state index >= 15 is 0 Å². The maximum absolute atomic E-state index is 11.7. The summed E-state index contributed by atoms with van der Waals surface area (Å²) < 4.78 is 5.24. The van der Waals surface area contributed by atoms with Crippen molar-refractivity contribution < 1.29 is 9.53 Å². The van der Waals surface area contributed by atoms with E-state index in [2.05, 4.69) is 15.6 Å². The van der Waals surface area contributed by atoms with Crippen molar-refractivity contribution in [3.8, 4) is 0 Å². The number of carbonyl (C=O) groups excluding carboxylic acids is 1. The van der Waals surface area contributed by atoms with Crippen LogP contribution in [0.5, 0.6) is 0 Å². The summed E-state index contributed by atoms with van der Waals surface area (Å²) in [6.45, 7) is 6.58. The average molecular weight is 378 g/mol. The number of hydrogen-bond donors (Lipinski definition) is 3. The number of hydrogen-bond acceptors (Lipinski definition) is 5. The van der Waals surface area contributed by atoms with Crippen molar-refractivity contribution in [1.29, 1.82) is 0 Å². The summed E-state index contributed by atoms with van der Waals surface area (Å²) in [5.74, 6) is 0. The smallest absolute Gasteiger partial charge is 0.407 e. The van der Waals surface area contributed by atoms with E-state index in [0.717, 1.165) is 27.7 Å².